The lowest BCUT2D eigenvalue weighted by Gasteiger charge is -2.21. The van der Waals surface area contributed by atoms with E-state index in [0.717, 1.165) is 37.5 Å². The fourth-order valence-electron chi connectivity index (χ4n) is 3.60. The van der Waals surface area contributed by atoms with Crippen LogP contribution in [-0.4, -0.2) is 6.61 Å². The minimum atomic E-state index is 0.172. The Hall–Kier alpha value is -0.690. The number of fused-ring (bicyclic) bond motifs is 1. The van der Waals surface area contributed by atoms with Gasteiger partial charge in [0.2, 0.25) is 0 Å². The Morgan fingerprint density at radius 3 is 2.70 bits per heavy atom. The first-order chi connectivity index (χ1) is 9.83. The zero-order valence-electron chi connectivity index (χ0n) is 12.2. The van der Waals surface area contributed by atoms with Crippen LogP contribution in [0.15, 0.2) is 18.2 Å². The van der Waals surface area contributed by atoms with E-state index in [9.17, 15) is 0 Å². The number of hydrogen-bond acceptors (Lipinski definition) is 1. The fourth-order valence-corrected chi connectivity index (χ4v) is 3.99. The van der Waals surface area contributed by atoms with Crippen molar-refractivity contribution in [2.24, 2.45) is 5.92 Å². The van der Waals surface area contributed by atoms with Crippen molar-refractivity contribution in [2.75, 3.05) is 6.61 Å². The fraction of sp³-hybridized carbons (Fsp3) is 0.667. The van der Waals surface area contributed by atoms with E-state index in [0.29, 0.717) is 0 Å². The summed E-state index contributed by atoms with van der Waals surface area (Å²) in [6, 6.07) is 6.56. The molecule has 0 spiro atoms. The van der Waals surface area contributed by atoms with Crippen LogP contribution in [0.4, 0.5) is 0 Å². The van der Waals surface area contributed by atoms with Crippen LogP contribution >= 0.6 is 11.6 Å². The summed E-state index contributed by atoms with van der Waals surface area (Å²) in [5, 5.41) is 0.172. The average Bonchev–Trinajstić information content (AvgIpc) is 2.75. The van der Waals surface area contributed by atoms with Crippen LogP contribution in [0.1, 0.15) is 67.9 Å². The molecule has 1 fully saturated rings. The van der Waals surface area contributed by atoms with Gasteiger partial charge in [-0.3, -0.25) is 0 Å². The highest BCUT2D eigenvalue weighted by Gasteiger charge is 2.19. The lowest BCUT2D eigenvalue weighted by atomic mass is 9.91. The van der Waals surface area contributed by atoms with E-state index < -0.39 is 0 Å². The van der Waals surface area contributed by atoms with Gasteiger partial charge in [0.25, 0.3) is 0 Å². The predicted octanol–water partition coefficient (Wildman–Crippen LogP) is 5.65. The molecule has 1 heterocycles. The van der Waals surface area contributed by atoms with E-state index in [-0.39, 0.29) is 5.38 Å². The molecular formula is C18H25ClO. The Morgan fingerprint density at radius 1 is 1.10 bits per heavy atom. The number of benzene rings is 1. The highest BCUT2D eigenvalue weighted by Crippen LogP contribution is 2.36. The molecule has 0 amide bonds. The number of halogens is 1. The van der Waals surface area contributed by atoms with Crippen molar-refractivity contribution in [3.63, 3.8) is 0 Å². The topological polar surface area (TPSA) is 9.23 Å². The van der Waals surface area contributed by atoms with Crippen LogP contribution in [0.3, 0.4) is 0 Å². The summed E-state index contributed by atoms with van der Waals surface area (Å²) in [4.78, 5) is 0. The minimum Gasteiger partial charge on any atom is -0.493 e. The van der Waals surface area contributed by atoms with E-state index >= 15 is 0 Å². The van der Waals surface area contributed by atoms with Gasteiger partial charge in [-0.1, -0.05) is 50.7 Å². The maximum atomic E-state index is 6.69. The third-order valence-electron chi connectivity index (χ3n) is 4.81. The van der Waals surface area contributed by atoms with Gasteiger partial charge in [-0.05, 0) is 42.4 Å². The summed E-state index contributed by atoms with van der Waals surface area (Å²) < 4.78 is 5.68. The molecule has 1 aliphatic carbocycles. The molecule has 0 saturated heterocycles. The van der Waals surface area contributed by atoms with Gasteiger partial charge in [-0.25, -0.2) is 0 Å². The van der Waals surface area contributed by atoms with Gasteiger partial charge in [0.05, 0.1) is 12.0 Å². The lowest BCUT2D eigenvalue weighted by molar-refractivity contribution is 0.288. The van der Waals surface area contributed by atoms with Crippen molar-refractivity contribution in [2.45, 2.75) is 63.2 Å². The zero-order valence-corrected chi connectivity index (χ0v) is 13.0. The lowest BCUT2D eigenvalue weighted by Crippen LogP contribution is -2.09. The quantitative estimate of drug-likeness (QED) is 0.516. The number of aryl methyl sites for hydroxylation is 1. The van der Waals surface area contributed by atoms with Gasteiger partial charge < -0.3 is 4.74 Å². The van der Waals surface area contributed by atoms with Gasteiger partial charge in [0.15, 0.2) is 0 Å². The third kappa shape index (κ3) is 3.49. The Bertz CT molecular complexity index is 435. The minimum absolute atomic E-state index is 0.172. The van der Waals surface area contributed by atoms with Crippen molar-refractivity contribution >= 4 is 11.6 Å². The molecule has 1 aromatic carbocycles. The summed E-state index contributed by atoms with van der Waals surface area (Å²) in [7, 11) is 0. The van der Waals surface area contributed by atoms with E-state index in [1.165, 1.54) is 49.7 Å². The number of rotatable bonds is 3. The van der Waals surface area contributed by atoms with E-state index in [2.05, 4.69) is 18.2 Å². The molecule has 1 aromatic rings. The van der Waals surface area contributed by atoms with Crippen LogP contribution in [0.5, 0.6) is 5.75 Å². The number of ether oxygens (including phenoxy) is 1. The van der Waals surface area contributed by atoms with Gasteiger partial charge in [0, 0.05) is 0 Å². The second-order valence-corrected chi connectivity index (χ2v) is 6.91. The van der Waals surface area contributed by atoms with Gasteiger partial charge >= 0.3 is 0 Å². The molecule has 0 radical (unpaired) electrons. The largest absolute Gasteiger partial charge is 0.493 e. The molecule has 20 heavy (non-hydrogen) atoms. The van der Waals surface area contributed by atoms with Crippen molar-refractivity contribution in [3.8, 4) is 5.75 Å². The molecular weight excluding hydrogens is 268 g/mol. The van der Waals surface area contributed by atoms with E-state index in [1.807, 2.05) is 0 Å². The molecule has 2 heteroatoms. The summed E-state index contributed by atoms with van der Waals surface area (Å²) in [5.74, 6) is 1.89. The Kier molecular flexibility index (Phi) is 4.88. The molecule has 0 aromatic heterocycles. The molecule has 1 nitrogen and oxygen atoms in total. The Labute approximate surface area is 127 Å². The van der Waals surface area contributed by atoms with Crippen molar-refractivity contribution in [3.05, 3.63) is 29.3 Å². The molecule has 0 N–H and O–H groups in total. The number of alkyl halides is 1. The second kappa shape index (κ2) is 6.85. The molecule has 3 rings (SSSR count). The Morgan fingerprint density at radius 2 is 1.90 bits per heavy atom. The van der Waals surface area contributed by atoms with Crippen LogP contribution < -0.4 is 4.74 Å². The number of hydrogen-bond donors (Lipinski definition) is 0. The second-order valence-electron chi connectivity index (χ2n) is 6.38. The van der Waals surface area contributed by atoms with E-state index in [4.69, 9.17) is 16.3 Å². The predicted molar refractivity (Wildman–Crippen MR) is 84.7 cm³/mol. The SMILES string of the molecule is ClC(CC1CCCCCC1)c1ccc2c(c1)CCCO2. The van der Waals surface area contributed by atoms with Crippen molar-refractivity contribution in [1.29, 1.82) is 0 Å². The molecule has 110 valence electrons. The van der Waals surface area contributed by atoms with Crippen LogP contribution in [0, 0.1) is 5.92 Å². The summed E-state index contributed by atoms with van der Waals surface area (Å²) in [6.07, 6.45) is 11.8. The van der Waals surface area contributed by atoms with Gasteiger partial charge in [0.1, 0.15) is 5.75 Å². The summed E-state index contributed by atoms with van der Waals surface area (Å²) in [5.41, 5.74) is 2.64. The first-order valence-electron chi connectivity index (χ1n) is 8.22. The standard InChI is InChI=1S/C18H25ClO/c19-17(12-14-6-3-1-2-4-7-14)15-9-10-18-16(13-15)8-5-11-20-18/h9-10,13-14,17H,1-8,11-12H2. The van der Waals surface area contributed by atoms with Gasteiger partial charge in [-0.15, -0.1) is 11.6 Å². The van der Waals surface area contributed by atoms with Crippen LogP contribution in [-0.2, 0) is 6.42 Å². The first kappa shape index (κ1) is 14.3. The van der Waals surface area contributed by atoms with Crippen LogP contribution in [0.2, 0.25) is 0 Å². The molecule has 2 aliphatic rings. The Balaban J connectivity index is 1.65. The smallest absolute Gasteiger partial charge is 0.122 e. The van der Waals surface area contributed by atoms with Crippen LogP contribution in [0.25, 0.3) is 0 Å². The summed E-state index contributed by atoms with van der Waals surface area (Å²) in [6.45, 7) is 0.860. The highest BCUT2D eigenvalue weighted by molar-refractivity contribution is 6.20. The third-order valence-corrected chi connectivity index (χ3v) is 5.24. The normalized spacial score (nSPS) is 21.6. The first-order valence-corrected chi connectivity index (χ1v) is 8.66. The zero-order chi connectivity index (χ0) is 13.8. The van der Waals surface area contributed by atoms with Crippen molar-refractivity contribution in [1.82, 2.24) is 0 Å². The van der Waals surface area contributed by atoms with Gasteiger partial charge in [-0.2, -0.15) is 0 Å². The molecule has 1 aliphatic heterocycles. The molecule has 1 saturated carbocycles. The van der Waals surface area contributed by atoms with Crippen molar-refractivity contribution < 1.29 is 4.74 Å². The van der Waals surface area contributed by atoms with E-state index in [1.54, 1.807) is 0 Å². The average molecular weight is 293 g/mol. The molecule has 1 unspecified atom stereocenters. The monoisotopic (exact) mass is 292 g/mol. The highest BCUT2D eigenvalue weighted by atomic mass is 35.5. The maximum absolute atomic E-state index is 6.69. The maximum Gasteiger partial charge on any atom is 0.122 e. The summed E-state index contributed by atoms with van der Waals surface area (Å²) >= 11 is 6.69. The molecule has 0 bridgehead atoms. The molecule has 1 atom stereocenters.